The molecule has 13 heteroatoms. The maximum atomic E-state index is 13.0. The Hall–Kier alpha value is -1.70. The molecule has 2 aromatic carbocycles. The Morgan fingerprint density at radius 1 is 0.638 bits per heavy atom. The highest BCUT2D eigenvalue weighted by Gasteiger charge is 2.37. The Kier molecular flexibility index (Phi) is 14.2. The molecule has 2 atom stereocenters. The maximum absolute atomic E-state index is 13.0. The Labute approximate surface area is 385 Å². The van der Waals surface area contributed by atoms with E-state index in [9.17, 15) is 9.59 Å². The molecule has 7 nitrogen and oxygen atoms in total. The second-order valence-corrected chi connectivity index (χ2v) is 20.8. The van der Waals surface area contributed by atoms with Crippen molar-refractivity contribution in [3.8, 4) is 0 Å². The third kappa shape index (κ3) is 9.67. The molecule has 3 aliphatic heterocycles. The first kappa shape index (κ1) is 43.0. The number of nitrogens with one attached hydrogen (secondary N) is 1. The van der Waals surface area contributed by atoms with Gasteiger partial charge in [-0.05, 0) is 178 Å². The van der Waals surface area contributed by atoms with Crippen LogP contribution in [0.4, 0.5) is 0 Å². The molecule has 306 valence electrons. The van der Waals surface area contributed by atoms with Crippen molar-refractivity contribution in [3.63, 3.8) is 0 Å². The molecule has 0 unspecified atom stereocenters. The van der Waals surface area contributed by atoms with Crippen LogP contribution in [0.25, 0.3) is 0 Å². The fourth-order valence-electron chi connectivity index (χ4n) is 9.97. The van der Waals surface area contributed by atoms with Crippen molar-refractivity contribution < 1.29 is 9.59 Å². The number of halogens is 6. The van der Waals surface area contributed by atoms with Crippen molar-refractivity contribution >= 4 is 98.6 Å². The third-order valence-electron chi connectivity index (χ3n) is 12.8. The van der Waals surface area contributed by atoms with E-state index in [2.05, 4.69) is 98.2 Å². The first-order chi connectivity index (χ1) is 28.0. The summed E-state index contributed by atoms with van der Waals surface area (Å²) < 4.78 is 4.25. The minimum absolute atomic E-state index is 0.178. The number of likely N-dealkylation sites (tertiary alicyclic amines) is 2. The van der Waals surface area contributed by atoms with Crippen LogP contribution in [-0.4, -0.2) is 77.3 Å². The lowest BCUT2D eigenvalue weighted by molar-refractivity contribution is -0.135. The first-order valence-electron chi connectivity index (χ1n) is 20.5. The average Bonchev–Trinajstić information content (AvgIpc) is 3.47. The summed E-state index contributed by atoms with van der Waals surface area (Å²) in [7, 11) is 0. The molecule has 3 fully saturated rings. The van der Waals surface area contributed by atoms with Crippen molar-refractivity contribution in [1.82, 2.24) is 25.1 Å². The van der Waals surface area contributed by atoms with Gasteiger partial charge in [0.2, 0.25) is 5.91 Å². The van der Waals surface area contributed by atoms with Gasteiger partial charge in [0.05, 0.1) is 17.9 Å². The van der Waals surface area contributed by atoms with Crippen molar-refractivity contribution in [2.45, 2.75) is 76.0 Å². The van der Waals surface area contributed by atoms with Crippen LogP contribution < -0.4 is 5.32 Å². The van der Waals surface area contributed by atoms with Crippen LogP contribution in [0.5, 0.6) is 0 Å². The van der Waals surface area contributed by atoms with Crippen molar-refractivity contribution in [3.05, 3.63) is 121 Å². The SMILES string of the molecule is Clc1cc(Br)c2c(c1)CCc1cc(Br)cnc1[C@@H]2C1CCNCC1.O=C1CCN(CC(=O)N2CCC([C@H]3c4ncc(Br)cc4CCc4cc(Cl)cc(Br)c43)CC2)CC1. The molecular formula is C45H47Br4Cl2N5O2. The lowest BCUT2D eigenvalue weighted by atomic mass is 9.76. The summed E-state index contributed by atoms with van der Waals surface area (Å²) in [6.07, 6.45) is 13.2. The molecule has 1 N–H and O–H groups in total. The Morgan fingerprint density at radius 3 is 1.60 bits per heavy atom. The second-order valence-electron chi connectivity index (χ2n) is 16.4. The molecule has 0 radical (unpaired) electrons. The summed E-state index contributed by atoms with van der Waals surface area (Å²) >= 11 is 27.6. The van der Waals surface area contributed by atoms with Gasteiger partial charge in [0.15, 0.2) is 0 Å². The van der Waals surface area contributed by atoms with E-state index in [4.69, 9.17) is 33.2 Å². The van der Waals surface area contributed by atoms with Gasteiger partial charge < -0.3 is 10.2 Å². The standard InChI is InChI=1S/C26H28Br2ClN3O2.C19H19Br2ClN2/c27-19-11-18-2-1-17-12-20(29)13-22(28)24(17)25(26(18)30-14-19)16-3-9-32(10-4-16)23(34)15-31-7-5-21(33)6-8-31;20-14-7-13-2-1-12-8-15(22)9-16(21)17(12)18(19(13)24-10-14)11-3-5-23-6-4-11/h11-14,16,25H,1-10,15H2;7-11,18,23H,1-6H2/t25-;18-/m11/s1. The number of fused-ring (bicyclic) bond motifs is 4. The van der Waals surface area contributed by atoms with Gasteiger partial charge in [0, 0.05) is 91.2 Å². The number of carbonyl (C=O) groups excluding carboxylic acids is 2. The summed E-state index contributed by atoms with van der Waals surface area (Å²) in [4.78, 5) is 38.4. The lowest BCUT2D eigenvalue weighted by Crippen LogP contribution is -2.46. The molecule has 58 heavy (non-hydrogen) atoms. The van der Waals surface area contributed by atoms with E-state index in [0.29, 0.717) is 56.0 Å². The predicted octanol–water partition coefficient (Wildman–Crippen LogP) is 10.9. The van der Waals surface area contributed by atoms with Gasteiger partial charge in [-0.15, -0.1) is 0 Å². The number of amides is 1. The highest BCUT2D eigenvalue weighted by atomic mass is 79.9. The van der Waals surface area contributed by atoms with E-state index in [1.807, 2.05) is 29.4 Å². The number of ketones is 1. The van der Waals surface area contributed by atoms with E-state index in [0.717, 1.165) is 98.3 Å². The zero-order valence-corrected chi connectivity index (χ0v) is 40.2. The highest BCUT2D eigenvalue weighted by Crippen LogP contribution is 2.47. The number of hydrogen-bond acceptors (Lipinski definition) is 6. The van der Waals surface area contributed by atoms with Crippen molar-refractivity contribution in [2.75, 3.05) is 45.8 Å². The summed E-state index contributed by atoms with van der Waals surface area (Å²) in [5.41, 5.74) is 10.4. The number of pyridine rings is 2. The van der Waals surface area contributed by atoms with E-state index in [-0.39, 0.29) is 11.8 Å². The number of carbonyl (C=O) groups is 2. The Morgan fingerprint density at radius 2 is 1.10 bits per heavy atom. The van der Waals surface area contributed by atoms with Crippen molar-refractivity contribution in [2.24, 2.45) is 11.8 Å². The zero-order valence-electron chi connectivity index (χ0n) is 32.3. The van der Waals surface area contributed by atoms with Crippen molar-refractivity contribution in [1.29, 1.82) is 0 Å². The van der Waals surface area contributed by atoms with Crippen LogP contribution in [0.1, 0.15) is 95.1 Å². The van der Waals surface area contributed by atoms with Gasteiger partial charge in [-0.3, -0.25) is 24.5 Å². The molecule has 5 heterocycles. The van der Waals surface area contributed by atoms with Crippen LogP contribution in [0.2, 0.25) is 10.0 Å². The normalized spacial score (nSPS) is 21.4. The van der Waals surface area contributed by atoms with Crippen LogP contribution in [-0.2, 0) is 35.3 Å². The number of piperidine rings is 3. The monoisotopic (exact) mass is 1070 g/mol. The fourth-order valence-corrected chi connectivity index (χ4v) is 13.0. The smallest absolute Gasteiger partial charge is 0.236 e. The molecule has 1 amide bonds. The van der Waals surface area contributed by atoms with Gasteiger partial charge in [-0.1, -0.05) is 55.1 Å². The summed E-state index contributed by atoms with van der Waals surface area (Å²) in [5, 5.41) is 5.05. The number of Topliss-reactive ketones (excluding diaryl/α,β-unsaturated/α-hetero) is 1. The molecule has 4 aromatic rings. The Bertz CT molecular complexity index is 2180. The lowest BCUT2D eigenvalue weighted by Gasteiger charge is -2.38. The van der Waals surface area contributed by atoms with Gasteiger partial charge in [-0.2, -0.15) is 0 Å². The van der Waals surface area contributed by atoms with E-state index < -0.39 is 0 Å². The highest BCUT2D eigenvalue weighted by molar-refractivity contribution is 9.11. The van der Waals surface area contributed by atoms with Crippen LogP contribution in [0.3, 0.4) is 0 Å². The van der Waals surface area contributed by atoms with Gasteiger partial charge >= 0.3 is 0 Å². The van der Waals surface area contributed by atoms with Crippen LogP contribution in [0, 0.1) is 11.8 Å². The van der Waals surface area contributed by atoms with Crippen LogP contribution >= 0.6 is 86.9 Å². The minimum Gasteiger partial charge on any atom is -0.342 e. The molecule has 0 bridgehead atoms. The summed E-state index contributed by atoms with van der Waals surface area (Å²) in [6.45, 7) is 5.54. The third-order valence-corrected chi connectivity index (χ3v) is 15.4. The fraction of sp³-hybridized carbons (Fsp3) is 0.467. The van der Waals surface area contributed by atoms with E-state index >= 15 is 0 Å². The topological polar surface area (TPSA) is 78.4 Å². The number of rotatable bonds is 4. The molecule has 0 spiro atoms. The molecule has 3 saturated heterocycles. The largest absolute Gasteiger partial charge is 0.342 e. The van der Waals surface area contributed by atoms with Crippen LogP contribution in [0.15, 0.2) is 66.7 Å². The molecule has 2 aliphatic carbocycles. The summed E-state index contributed by atoms with van der Waals surface area (Å²) in [5.74, 6) is 2.04. The maximum Gasteiger partial charge on any atom is 0.236 e. The molecule has 9 rings (SSSR count). The zero-order chi connectivity index (χ0) is 40.5. The number of nitrogens with zero attached hydrogens (tertiary/aromatic N) is 4. The minimum atomic E-state index is 0.178. The summed E-state index contributed by atoms with van der Waals surface area (Å²) in [6, 6.07) is 12.8. The van der Waals surface area contributed by atoms with Gasteiger partial charge in [-0.25, -0.2) is 0 Å². The number of benzene rings is 2. The Balaban J connectivity index is 0.000000172. The number of aryl methyl sites for hydroxylation is 4. The average molecular weight is 1080 g/mol. The molecule has 2 aromatic heterocycles. The number of aromatic nitrogens is 2. The molecular weight excluding hydrogens is 1030 g/mol. The van der Waals surface area contributed by atoms with E-state index in [1.165, 1.54) is 51.9 Å². The van der Waals surface area contributed by atoms with Gasteiger partial charge in [0.1, 0.15) is 5.78 Å². The molecule has 0 saturated carbocycles. The number of hydrogen-bond donors (Lipinski definition) is 1. The second kappa shape index (κ2) is 19.1. The molecule has 5 aliphatic rings. The first-order valence-corrected chi connectivity index (χ1v) is 24.4. The van der Waals surface area contributed by atoms with Gasteiger partial charge in [0.25, 0.3) is 0 Å². The van der Waals surface area contributed by atoms with E-state index in [1.54, 1.807) is 0 Å². The predicted molar refractivity (Wildman–Crippen MR) is 246 cm³/mol. The quantitative estimate of drug-likeness (QED) is 0.219.